The summed E-state index contributed by atoms with van der Waals surface area (Å²) in [4.78, 5) is 0. The second kappa shape index (κ2) is 3.62. The van der Waals surface area contributed by atoms with Crippen molar-refractivity contribution in [2.75, 3.05) is 0 Å². The molecule has 0 saturated carbocycles. The van der Waals surface area contributed by atoms with Crippen molar-refractivity contribution in [2.24, 2.45) is 15.4 Å². The van der Waals surface area contributed by atoms with Crippen LogP contribution in [0.15, 0.2) is 51.8 Å². The zero-order valence-electron chi connectivity index (χ0n) is 6.88. The van der Waals surface area contributed by atoms with E-state index in [0.29, 0.717) is 0 Å². The molecule has 0 bridgehead atoms. The number of hydrogen-bond donors (Lipinski definition) is 1. The van der Waals surface area contributed by atoms with E-state index in [1.165, 1.54) is 0 Å². The van der Waals surface area contributed by atoms with Crippen LogP contribution in [0.25, 0.3) is 5.70 Å². The molecule has 0 fully saturated rings. The van der Waals surface area contributed by atoms with Crippen molar-refractivity contribution < 1.29 is 0 Å². The number of nitrogens with zero attached hydrogens (tertiary/aromatic N) is 3. The smallest absolute Gasteiger partial charge is 0.0963 e. The molecular weight excluding hydrogens is 164 g/mol. The molecule has 4 heteroatoms. The van der Waals surface area contributed by atoms with Crippen LogP contribution >= 0.6 is 0 Å². The Kier molecular flexibility index (Phi) is 2.14. The van der Waals surface area contributed by atoms with Gasteiger partial charge in [-0.3, -0.25) is 0 Å². The van der Waals surface area contributed by atoms with Crippen molar-refractivity contribution in [3.05, 3.63) is 42.0 Å². The predicted molar refractivity (Wildman–Crippen MR) is 50.9 cm³/mol. The molecule has 0 atom stereocenters. The van der Waals surface area contributed by atoms with Gasteiger partial charge in [0.25, 0.3) is 0 Å². The maximum atomic E-state index is 3.94. The van der Waals surface area contributed by atoms with Gasteiger partial charge in [0, 0.05) is 5.56 Å². The summed E-state index contributed by atoms with van der Waals surface area (Å²) in [5.41, 5.74) is 4.25. The molecule has 0 aliphatic carbocycles. The minimum atomic E-state index is 0.800. The molecule has 0 amide bonds. The van der Waals surface area contributed by atoms with Crippen molar-refractivity contribution in [1.82, 2.24) is 5.53 Å². The van der Waals surface area contributed by atoms with Gasteiger partial charge in [-0.25, -0.2) is 0 Å². The molecule has 2 rings (SSSR count). The summed E-state index contributed by atoms with van der Waals surface area (Å²) in [6, 6.07) is 9.83. The lowest BCUT2D eigenvalue weighted by Crippen LogP contribution is -1.88. The quantitative estimate of drug-likeness (QED) is 0.691. The first-order valence-corrected chi connectivity index (χ1v) is 3.91. The molecule has 1 aliphatic rings. The first kappa shape index (κ1) is 7.67. The van der Waals surface area contributed by atoms with Crippen molar-refractivity contribution in [3.8, 4) is 0 Å². The van der Waals surface area contributed by atoms with E-state index in [4.69, 9.17) is 0 Å². The predicted octanol–water partition coefficient (Wildman–Crippen LogP) is 1.98. The lowest BCUT2D eigenvalue weighted by atomic mass is 10.1. The van der Waals surface area contributed by atoms with Gasteiger partial charge < -0.3 is 0 Å². The third-order valence-corrected chi connectivity index (χ3v) is 1.64. The summed E-state index contributed by atoms with van der Waals surface area (Å²) in [5, 5.41) is 11.3. The fraction of sp³-hybridized carbons (Fsp3) is 0. The van der Waals surface area contributed by atoms with Crippen LogP contribution in [0, 0.1) is 0 Å². The molecule has 0 radical (unpaired) electrons. The topological polar surface area (TPSA) is 49.1 Å². The highest BCUT2D eigenvalue weighted by Gasteiger charge is 1.98. The minimum absolute atomic E-state index is 0.800. The number of allylic oxidation sites excluding steroid dienone is 1. The van der Waals surface area contributed by atoms with Gasteiger partial charge in [0.15, 0.2) is 0 Å². The molecule has 4 nitrogen and oxygen atoms in total. The van der Waals surface area contributed by atoms with Gasteiger partial charge in [0.1, 0.15) is 0 Å². The third kappa shape index (κ3) is 1.79. The third-order valence-electron chi connectivity index (χ3n) is 1.64. The summed E-state index contributed by atoms with van der Waals surface area (Å²) in [6.07, 6.45) is 3.43. The molecule has 1 aromatic carbocycles. The molecule has 0 unspecified atom stereocenters. The van der Waals surface area contributed by atoms with Crippen LogP contribution in [0.2, 0.25) is 0 Å². The zero-order valence-corrected chi connectivity index (χ0v) is 6.88. The van der Waals surface area contributed by atoms with Crippen LogP contribution in [0.5, 0.6) is 0 Å². The van der Waals surface area contributed by atoms with Gasteiger partial charge in [-0.1, -0.05) is 35.6 Å². The van der Waals surface area contributed by atoms with E-state index in [0.717, 1.165) is 11.3 Å². The molecule has 0 saturated heterocycles. The highest BCUT2D eigenvalue weighted by molar-refractivity contribution is 5.84. The fourth-order valence-electron chi connectivity index (χ4n) is 1.04. The maximum absolute atomic E-state index is 3.94. The van der Waals surface area contributed by atoms with E-state index < -0.39 is 0 Å². The number of hydrazone groups is 1. The average molecular weight is 172 g/mol. The van der Waals surface area contributed by atoms with E-state index in [9.17, 15) is 0 Å². The number of benzene rings is 1. The Morgan fingerprint density at radius 1 is 1.08 bits per heavy atom. The van der Waals surface area contributed by atoms with Crippen molar-refractivity contribution in [1.29, 1.82) is 0 Å². The van der Waals surface area contributed by atoms with Crippen molar-refractivity contribution >= 4 is 11.9 Å². The summed E-state index contributed by atoms with van der Waals surface area (Å²) in [5.74, 6) is 0. The second-order valence-corrected chi connectivity index (χ2v) is 2.50. The van der Waals surface area contributed by atoms with Gasteiger partial charge in [0.2, 0.25) is 0 Å². The second-order valence-electron chi connectivity index (χ2n) is 2.50. The molecular formula is C9H8N4. The number of nitrogens with one attached hydrogen (secondary N) is 1. The highest BCUT2D eigenvalue weighted by atomic mass is 15.6. The normalized spacial score (nSPS) is 14.6. The molecule has 0 aromatic heterocycles. The van der Waals surface area contributed by atoms with Crippen LogP contribution in [-0.4, -0.2) is 6.21 Å². The summed E-state index contributed by atoms with van der Waals surface area (Å²) < 4.78 is 0. The van der Waals surface area contributed by atoms with Gasteiger partial charge in [-0.15, -0.1) is 5.11 Å². The van der Waals surface area contributed by atoms with Crippen molar-refractivity contribution in [2.45, 2.75) is 0 Å². The Morgan fingerprint density at radius 3 is 2.77 bits per heavy atom. The first-order chi connectivity index (χ1) is 6.47. The minimum Gasteiger partial charge on any atom is -0.179 e. The molecule has 1 N–H and O–H groups in total. The highest BCUT2D eigenvalue weighted by Crippen LogP contribution is 2.15. The Labute approximate surface area is 75.7 Å². The first-order valence-electron chi connectivity index (χ1n) is 3.91. The number of rotatable bonds is 1. The van der Waals surface area contributed by atoms with E-state index in [1.54, 1.807) is 12.3 Å². The van der Waals surface area contributed by atoms with Gasteiger partial charge in [-0.05, 0) is 6.08 Å². The van der Waals surface area contributed by atoms with Gasteiger partial charge in [0.05, 0.1) is 11.9 Å². The Morgan fingerprint density at radius 2 is 1.92 bits per heavy atom. The summed E-state index contributed by atoms with van der Waals surface area (Å²) in [6.45, 7) is 0. The molecule has 1 aromatic rings. The maximum Gasteiger partial charge on any atom is 0.0963 e. The molecule has 1 heterocycles. The van der Waals surface area contributed by atoms with Gasteiger partial charge in [-0.2, -0.15) is 10.6 Å². The van der Waals surface area contributed by atoms with E-state index in [2.05, 4.69) is 21.0 Å². The lowest BCUT2D eigenvalue weighted by Gasteiger charge is -1.96. The van der Waals surface area contributed by atoms with Crippen LogP contribution in [0.3, 0.4) is 0 Å². The Balaban J connectivity index is 2.36. The van der Waals surface area contributed by atoms with Crippen LogP contribution in [0.4, 0.5) is 0 Å². The van der Waals surface area contributed by atoms with Crippen molar-refractivity contribution in [3.63, 3.8) is 0 Å². The van der Waals surface area contributed by atoms with E-state index >= 15 is 0 Å². The Bertz CT molecular complexity index is 364. The van der Waals surface area contributed by atoms with Crippen LogP contribution in [-0.2, 0) is 0 Å². The zero-order chi connectivity index (χ0) is 8.93. The van der Waals surface area contributed by atoms with E-state index in [-0.39, 0.29) is 0 Å². The SMILES string of the molecule is C1=NNN=NC(c2ccccc2)=C1. The average Bonchev–Trinajstić information content (AvgIpc) is 2.47. The summed E-state index contributed by atoms with van der Waals surface area (Å²) >= 11 is 0. The molecule has 1 aliphatic heterocycles. The molecule has 64 valence electrons. The van der Waals surface area contributed by atoms with E-state index in [1.807, 2.05) is 30.3 Å². The van der Waals surface area contributed by atoms with Crippen LogP contribution < -0.4 is 5.53 Å². The fourth-order valence-corrected chi connectivity index (χ4v) is 1.04. The van der Waals surface area contributed by atoms with Gasteiger partial charge >= 0.3 is 0 Å². The monoisotopic (exact) mass is 172 g/mol. The Hall–Kier alpha value is -1.97. The lowest BCUT2D eigenvalue weighted by molar-refractivity contribution is 0.759. The number of hydrogen-bond acceptors (Lipinski definition) is 4. The van der Waals surface area contributed by atoms with Crippen LogP contribution in [0.1, 0.15) is 5.56 Å². The largest absolute Gasteiger partial charge is 0.179 e. The standard InChI is InChI=1S/C9H8N4/c1-2-4-8(5-3-1)9-6-7-10-12-13-11-9/h1-7H,(H,11,12). The molecule has 13 heavy (non-hydrogen) atoms. The molecule has 0 spiro atoms. The summed E-state index contributed by atoms with van der Waals surface area (Å²) in [7, 11) is 0.